The molecule has 0 atom stereocenters. The first-order chi connectivity index (χ1) is 15.7. The lowest BCUT2D eigenvalue weighted by molar-refractivity contribution is -0.138. The van der Waals surface area contributed by atoms with E-state index in [4.69, 9.17) is 14.6 Å². The van der Waals surface area contributed by atoms with Crippen molar-refractivity contribution in [3.8, 4) is 0 Å². The van der Waals surface area contributed by atoms with Crippen LogP contribution in [0.4, 0.5) is 0 Å². The molecule has 1 rings (SSSR count). The van der Waals surface area contributed by atoms with Crippen LogP contribution in [0.15, 0.2) is 6.20 Å². The van der Waals surface area contributed by atoms with E-state index in [0.29, 0.717) is 26.4 Å². The Morgan fingerprint density at radius 2 is 1.34 bits per heavy atom. The molecule has 0 saturated heterocycles. The molecule has 1 N–H and O–H groups in total. The number of nitrogens with zero attached hydrogens (tertiary/aromatic N) is 3. The summed E-state index contributed by atoms with van der Waals surface area (Å²) < 4.78 is 12.5. The third-order valence-corrected chi connectivity index (χ3v) is 5.67. The minimum absolute atomic E-state index is 0.0288. The fourth-order valence-corrected chi connectivity index (χ4v) is 3.70. The Bertz CT molecular complexity index is 551. The molecule has 0 aromatic carbocycles. The molecule has 0 aliphatic carbocycles. The summed E-state index contributed by atoms with van der Waals surface area (Å²) in [7, 11) is 0. The topological polar surface area (TPSA) is 86.5 Å². The lowest BCUT2D eigenvalue weighted by atomic mass is 10.0. The number of unbranched alkanes of at least 4 members (excludes halogenated alkanes) is 13. The minimum Gasteiger partial charge on any atom is -0.481 e. The van der Waals surface area contributed by atoms with Gasteiger partial charge in [-0.1, -0.05) is 95.6 Å². The Morgan fingerprint density at radius 3 is 1.91 bits per heavy atom. The number of carboxylic acids is 1. The summed E-state index contributed by atoms with van der Waals surface area (Å²) in [6, 6.07) is 0. The highest BCUT2D eigenvalue weighted by atomic mass is 16.5. The van der Waals surface area contributed by atoms with Gasteiger partial charge in [-0.3, -0.25) is 4.79 Å². The van der Waals surface area contributed by atoms with E-state index in [-0.39, 0.29) is 13.0 Å². The molecular weight excluding hydrogens is 406 g/mol. The Labute approximate surface area is 195 Å². The van der Waals surface area contributed by atoms with Gasteiger partial charge >= 0.3 is 5.97 Å². The molecule has 0 aliphatic rings. The average Bonchev–Trinajstić information content (AvgIpc) is 3.23. The molecule has 0 unspecified atom stereocenters. The van der Waals surface area contributed by atoms with E-state index in [2.05, 4.69) is 17.2 Å². The van der Waals surface area contributed by atoms with Crippen molar-refractivity contribution in [2.24, 2.45) is 0 Å². The predicted molar refractivity (Wildman–Crippen MR) is 128 cm³/mol. The SMILES string of the molecule is CCCCCCCCCCCCCCCCc1cn(CCOCCOCCC(=O)O)nn1. The van der Waals surface area contributed by atoms with Gasteiger partial charge in [0, 0.05) is 6.20 Å². The summed E-state index contributed by atoms with van der Waals surface area (Å²) in [5, 5.41) is 16.9. The molecule has 0 spiro atoms. The predicted octanol–water partition coefficient (Wildman–Crippen LogP) is 5.81. The highest BCUT2D eigenvalue weighted by Gasteiger charge is 2.02. The first-order valence-corrected chi connectivity index (χ1v) is 13.0. The molecule has 0 saturated carbocycles. The van der Waals surface area contributed by atoms with Crippen LogP contribution in [-0.2, 0) is 27.2 Å². The zero-order valence-corrected chi connectivity index (χ0v) is 20.4. The second-order valence-electron chi connectivity index (χ2n) is 8.69. The third kappa shape index (κ3) is 18.1. The molecule has 7 heteroatoms. The first-order valence-electron chi connectivity index (χ1n) is 13.0. The number of aryl methyl sites for hydroxylation is 1. The van der Waals surface area contributed by atoms with Crippen molar-refractivity contribution < 1.29 is 19.4 Å². The van der Waals surface area contributed by atoms with E-state index < -0.39 is 5.97 Å². The van der Waals surface area contributed by atoms with Gasteiger partial charge in [0.25, 0.3) is 0 Å². The highest BCUT2D eigenvalue weighted by molar-refractivity contribution is 5.66. The smallest absolute Gasteiger partial charge is 0.305 e. The highest BCUT2D eigenvalue weighted by Crippen LogP contribution is 2.13. The fraction of sp³-hybridized carbons (Fsp3) is 0.880. The molecule has 32 heavy (non-hydrogen) atoms. The quantitative estimate of drug-likeness (QED) is 0.199. The maximum Gasteiger partial charge on any atom is 0.305 e. The Morgan fingerprint density at radius 1 is 0.812 bits per heavy atom. The van der Waals surface area contributed by atoms with Gasteiger partial charge < -0.3 is 14.6 Å². The van der Waals surface area contributed by atoms with Crippen molar-refractivity contribution in [2.45, 2.75) is 116 Å². The van der Waals surface area contributed by atoms with Crippen LogP contribution < -0.4 is 0 Å². The Kier molecular flexibility index (Phi) is 19.1. The van der Waals surface area contributed by atoms with E-state index in [0.717, 1.165) is 12.1 Å². The fourth-order valence-electron chi connectivity index (χ4n) is 3.70. The molecule has 0 bridgehead atoms. The molecule has 186 valence electrons. The summed E-state index contributed by atoms with van der Waals surface area (Å²) in [5.41, 5.74) is 1.06. The van der Waals surface area contributed by atoms with Gasteiger partial charge in [-0.2, -0.15) is 0 Å². The summed E-state index contributed by atoms with van der Waals surface area (Å²) in [6.07, 6.45) is 22.3. The number of hydrogen-bond acceptors (Lipinski definition) is 5. The lowest BCUT2D eigenvalue weighted by Gasteiger charge is -2.04. The van der Waals surface area contributed by atoms with Gasteiger partial charge in [-0.05, 0) is 12.8 Å². The van der Waals surface area contributed by atoms with Gasteiger partial charge in [0.1, 0.15) is 0 Å². The molecular formula is C25H47N3O4. The van der Waals surface area contributed by atoms with Crippen molar-refractivity contribution >= 4 is 5.97 Å². The zero-order chi connectivity index (χ0) is 23.1. The number of rotatable bonds is 24. The maximum absolute atomic E-state index is 10.4. The van der Waals surface area contributed by atoms with Crippen molar-refractivity contribution in [3.05, 3.63) is 11.9 Å². The van der Waals surface area contributed by atoms with E-state index in [1.165, 1.54) is 89.9 Å². The van der Waals surface area contributed by atoms with Gasteiger partial charge in [-0.15, -0.1) is 5.10 Å². The van der Waals surface area contributed by atoms with E-state index >= 15 is 0 Å². The van der Waals surface area contributed by atoms with E-state index in [1.807, 2.05) is 10.9 Å². The van der Waals surface area contributed by atoms with E-state index in [9.17, 15) is 4.79 Å². The molecule has 1 aromatic rings. The Balaban J connectivity index is 1.85. The molecule has 0 aliphatic heterocycles. The number of carbonyl (C=O) groups is 1. The maximum atomic E-state index is 10.4. The second kappa shape index (κ2) is 21.4. The van der Waals surface area contributed by atoms with E-state index in [1.54, 1.807) is 0 Å². The summed E-state index contributed by atoms with van der Waals surface area (Å²) >= 11 is 0. The average molecular weight is 454 g/mol. The normalized spacial score (nSPS) is 11.3. The minimum atomic E-state index is -0.845. The standard InChI is InChI=1S/C25H47N3O4/c1-2-3-4-5-6-7-8-9-10-11-12-13-14-15-16-24-23-28(27-26-24)18-20-32-22-21-31-19-17-25(29)30/h23H,2-22H2,1H3,(H,29,30). The van der Waals surface area contributed by atoms with Crippen molar-refractivity contribution in [2.75, 3.05) is 26.4 Å². The monoisotopic (exact) mass is 453 g/mol. The molecule has 1 aromatic heterocycles. The van der Waals surface area contributed by atoms with Gasteiger partial charge in [0.2, 0.25) is 0 Å². The van der Waals surface area contributed by atoms with Crippen molar-refractivity contribution in [3.63, 3.8) is 0 Å². The number of hydrogen-bond donors (Lipinski definition) is 1. The number of ether oxygens (including phenoxy) is 2. The molecule has 0 radical (unpaired) electrons. The van der Waals surface area contributed by atoms with Crippen LogP contribution in [0.25, 0.3) is 0 Å². The molecule has 0 amide bonds. The van der Waals surface area contributed by atoms with Crippen LogP contribution in [0, 0.1) is 0 Å². The van der Waals surface area contributed by atoms with Crippen LogP contribution in [0.5, 0.6) is 0 Å². The zero-order valence-electron chi connectivity index (χ0n) is 20.4. The van der Waals surface area contributed by atoms with Crippen LogP contribution in [0.3, 0.4) is 0 Å². The van der Waals surface area contributed by atoms with Crippen LogP contribution in [0.2, 0.25) is 0 Å². The van der Waals surface area contributed by atoms with Crippen molar-refractivity contribution in [1.29, 1.82) is 0 Å². The molecule has 7 nitrogen and oxygen atoms in total. The summed E-state index contributed by atoms with van der Waals surface area (Å²) in [6.45, 7) is 4.59. The van der Waals surface area contributed by atoms with Gasteiger partial charge in [0.05, 0.1) is 45.1 Å². The largest absolute Gasteiger partial charge is 0.481 e. The Hall–Kier alpha value is -1.47. The van der Waals surface area contributed by atoms with Gasteiger partial charge in [0.15, 0.2) is 0 Å². The third-order valence-electron chi connectivity index (χ3n) is 5.67. The van der Waals surface area contributed by atoms with Crippen LogP contribution in [0.1, 0.15) is 109 Å². The lowest BCUT2D eigenvalue weighted by Crippen LogP contribution is -2.11. The van der Waals surface area contributed by atoms with Crippen LogP contribution >= 0.6 is 0 Å². The van der Waals surface area contributed by atoms with Crippen LogP contribution in [-0.4, -0.2) is 52.5 Å². The molecule has 1 heterocycles. The summed E-state index contributed by atoms with van der Waals surface area (Å²) in [4.78, 5) is 10.4. The number of carboxylic acid groups (broad SMARTS) is 1. The molecule has 0 fully saturated rings. The first kappa shape index (κ1) is 28.6. The number of aromatic nitrogens is 3. The summed E-state index contributed by atoms with van der Waals surface area (Å²) in [5.74, 6) is -0.845. The number of aliphatic carboxylic acids is 1. The van der Waals surface area contributed by atoms with Crippen molar-refractivity contribution in [1.82, 2.24) is 15.0 Å². The van der Waals surface area contributed by atoms with Gasteiger partial charge in [-0.25, -0.2) is 4.68 Å². The second-order valence-corrected chi connectivity index (χ2v) is 8.69.